The molecule has 29 heavy (non-hydrogen) atoms. The van der Waals surface area contributed by atoms with E-state index < -0.39 is 0 Å². The number of halogens is 1. The normalized spacial score (nSPS) is 18.1. The molecule has 0 aliphatic carbocycles. The molecule has 0 bridgehead atoms. The fraction of sp³-hybridized carbons (Fsp3) is 0.522. The van der Waals surface area contributed by atoms with Crippen LogP contribution in [0, 0.1) is 12.7 Å². The van der Waals surface area contributed by atoms with E-state index >= 15 is 0 Å². The Morgan fingerprint density at radius 2 is 1.93 bits per heavy atom. The fourth-order valence-corrected chi connectivity index (χ4v) is 4.54. The highest BCUT2D eigenvalue weighted by Gasteiger charge is 2.31. The third-order valence-electron chi connectivity index (χ3n) is 6.01. The Bertz CT molecular complexity index is 871. The molecule has 1 fully saturated rings. The maximum absolute atomic E-state index is 13.5. The molecular formula is C23H30FN3O2. The highest BCUT2D eigenvalue weighted by Crippen LogP contribution is 2.30. The number of hydrogen-bond acceptors (Lipinski definition) is 4. The maximum Gasteiger partial charge on any atom is 0.257 e. The number of aryl methyl sites for hydroxylation is 1. The van der Waals surface area contributed by atoms with Gasteiger partial charge in [0.2, 0.25) is 0 Å². The van der Waals surface area contributed by atoms with Crippen molar-refractivity contribution in [2.45, 2.75) is 39.8 Å². The summed E-state index contributed by atoms with van der Waals surface area (Å²) in [6, 6.07) is 6.74. The second kappa shape index (κ2) is 8.67. The molecule has 0 spiro atoms. The van der Waals surface area contributed by atoms with Gasteiger partial charge in [-0.25, -0.2) is 4.39 Å². The first-order valence-corrected chi connectivity index (χ1v) is 10.6. The van der Waals surface area contributed by atoms with Crippen molar-refractivity contribution >= 4 is 5.91 Å². The average Bonchev–Trinajstić information content (AvgIpc) is 3.03. The fourth-order valence-electron chi connectivity index (χ4n) is 4.54. The molecule has 1 aromatic carbocycles. The zero-order valence-corrected chi connectivity index (χ0v) is 17.4. The van der Waals surface area contributed by atoms with Crippen LogP contribution in [0.5, 0.6) is 0 Å². The number of hydrogen-bond donors (Lipinski definition) is 0. The molecule has 0 atom stereocenters. The zero-order chi connectivity index (χ0) is 20.4. The summed E-state index contributed by atoms with van der Waals surface area (Å²) in [4.78, 5) is 20.0. The molecule has 2 aromatic rings. The van der Waals surface area contributed by atoms with Crippen LogP contribution >= 0.6 is 0 Å². The number of carbonyl (C=O) groups excluding carboxylic acids is 1. The van der Waals surface area contributed by atoms with Crippen molar-refractivity contribution in [3.05, 3.63) is 58.3 Å². The van der Waals surface area contributed by atoms with Crippen molar-refractivity contribution in [1.29, 1.82) is 0 Å². The van der Waals surface area contributed by atoms with Crippen LogP contribution in [0.3, 0.4) is 0 Å². The molecule has 1 aromatic heterocycles. The van der Waals surface area contributed by atoms with Crippen molar-refractivity contribution in [1.82, 2.24) is 14.7 Å². The monoisotopic (exact) mass is 399 g/mol. The summed E-state index contributed by atoms with van der Waals surface area (Å²) in [7, 11) is 0. The predicted molar refractivity (Wildman–Crippen MR) is 110 cm³/mol. The van der Waals surface area contributed by atoms with Crippen molar-refractivity contribution in [3.8, 4) is 0 Å². The van der Waals surface area contributed by atoms with Gasteiger partial charge in [-0.3, -0.25) is 14.6 Å². The third-order valence-corrected chi connectivity index (χ3v) is 6.01. The summed E-state index contributed by atoms with van der Waals surface area (Å²) in [5.41, 5.74) is 2.72. The van der Waals surface area contributed by atoms with Crippen molar-refractivity contribution in [3.63, 3.8) is 0 Å². The molecule has 0 N–H and O–H groups in total. The minimum Gasteiger partial charge on any atom is -0.465 e. The standard InChI is InChI=1S/C23H30FN3O2/c1-3-8-25-10-12-27(13-11-25)23(28)22-17(2)29-21-7-9-26(16-20(21)22)15-18-5-4-6-19(24)14-18/h4-6,14H,3,7-13,15-16H2,1-2H3. The molecular weight excluding hydrogens is 369 g/mol. The van der Waals surface area contributed by atoms with Crippen molar-refractivity contribution < 1.29 is 13.6 Å². The first-order chi connectivity index (χ1) is 14.0. The van der Waals surface area contributed by atoms with Crippen LogP contribution in [0.15, 0.2) is 28.7 Å². The molecule has 3 heterocycles. The lowest BCUT2D eigenvalue weighted by Crippen LogP contribution is -2.49. The van der Waals surface area contributed by atoms with Crippen LogP contribution in [-0.2, 0) is 19.5 Å². The van der Waals surface area contributed by atoms with E-state index in [1.54, 1.807) is 12.1 Å². The number of rotatable bonds is 5. The van der Waals surface area contributed by atoms with E-state index in [4.69, 9.17) is 4.42 Å². The molecule has 1 saturated heterocycles. The lowest BCUT2D eigenvalue weighted by atomic mass is 10.0. The largest absolute Gasteiger partial charge is 0.465 e. The van der Waals surface area contributed by atoms with Crippen LogP contribution in [-0.4, -0.2) is 59.9 Å². The minimum atomic E-state index is -0.211. The number of benzene rings is 1. The summed E-state index contributed by atoms with van der Waals surface area (Å²) in [5, 5.41) is 0. The number of carbonyl (C=O) groups is 1. The Labute approximate surface area is 172 Å². The second-order valence-electron chi connectivity index (χ2n) is 8.16. The van der Waals surface area contributed by atoms with Crippen LogP contribution in [0.25, 0.3) is 0 Å². The van der Waals surface area contributed by atoms with Gasteiger partial charge in [-0.2, -0.15) is 0 Å². The van der Waals surface area contributed by atoms with Crippen LogP contribution < -0.4 is 0 Å². The molecule has 0 unspecified atom stereocenters. The first kappa shape index (κ1) is 20.1. The van der Waals surface area contributed by atoms with E-state index in [9.17, 15) is 9.18 Å². The zero-order valence-electron chi connectivity index (χ0n) is 17.4. The van der Waals surface area contributed by atoms with Gasteiger partial charge < -0.3 is 9.32 Å². The molecule has 0 saturated carbocycles. The molecule has 2 aliphatic rings. The van der Waals surface area contributed by atoms with Gasteiger partial charge >= 0.3 is 0 Å². The first-order valence-electron chi connectivity index (χ1n) is 10.6. The number of amides is 1. The van der Waals surface area contributed by atoms with E-state index in [-0.39, 0.29) is 11.7 Å². The summed E-state index contributed by atoms with van der Waals surface area (Å²) in [5.74, 6) is 1.54. The number of furan rings is 1. The van der Waals surface area contributed by atoms with E-state index in [2.05, 4.69) is 16.7 Å². The van der Waals surface area contributed by atoms with E-state index in [0.717, 1.165) is 80.3 Å². The van der Waals surface area contributed by atoms with Gasteiger partial charge in [0, 0.05) is 57.8 Å². The van der Waals surface area contributed by atoms with Crippen LogP contribution in [0.4, 0.5) is 4.39 Å². The molecule has 156 valence electrons. The van der Waals surface area contributed by atoms with Crippen molar-refractivity contribution in [2.75, 3.05) is 39.3 Å². The Hall–Kier alpha value is -2.18. The topological polar surface area (TPSA) is 39.9 Å². The lowest BCUT2D eigenvalue weighted by molar-refractivity contribution is 0.0633. The van der Waals surface area contributed by atoms with Gasteiger partial charge in [0.15, 0.2) is 0 Å². The highest BCUT2D eigenvalue weighted by atomic mass is 19.1. The number of fused-ring (bicyclic) bond motifs is 1. The molecule has 4 rings (SSSR count). The van der Waals surface area contributed by atoms with Crippen LogP contribution in [0.2, 0.25) is 0 Å². The molecule has 5 nitrogen and oxygen atoms in total. The molecule has 0 radical (unpaired) electrons. The van der Waals surface area contributed by atoms with Gasteiger partial charge in [0.05, 0.1) is 5.56 Å². The van der Waals surface area contributed by atoms with Gasteiger partial charge in [-0.15, -0.1) is 0 Å². The second-order valence-corrected chi connectivity index (χ2v) is 8.16. The Kier molecular flexibility index (Phi) is 6.01. The summed E-state index contributed by atoms with van der Waals surface area (Å²) in [6.45, 7) is 10.8. The van der Waals surface area contributed by atoms with Crippen molar-refractivity contribution in [2.24, 2.45) is 0 Å². The summed E-state index contributed by atoms with van der Waals surface area (Å²) in [6.07, 6.45) is 1.92. The van der Waals surface area contributed by atoms with Crippen LogP contribution in [0.1, 0.15) is 46.3 Å². The highest BCUT2D eigenvalue weighted by molar-refractivity contribution is 5.97. The summed E-state index contributed by atoms with van der Waals surface area (Å²) >= 11 is 0. The summed E-state index contributed by atoms with van der Waals surface area (Å²) < 4.78 is 19.5. The van der Waals surface area contributed by atoms with Gasteiger partial charge in [-0.05, 0) is 37.6 Å². The smallest absolute Gasteiger partial charge is 0.257 e. The predicted octanol–water partition coefficient (Wildman–Crippen LogP) is 3.45. The average molecular weight is 400 g/mol. The molecule has 1 amide bonds. The lowest BCUT2D eigenvalue weighted by Gasteiger charge is -2.35. The Morgan fingerprint density at radius 3 is 2.66 bits per heavy atom. The molecule has 2 aliphatic heterocycles. The number of nitrogens with zero attached hydrogens (tertiary/aromatic N) is 3. The number of piperazine rings is 1. The van der Waals surface area contributed by atoms with E-state index in [0.29, 0.717) is 13.1 Å². The van der Waals surface area contributed by atoms with E-state index in [1.165, 1.54) is 6.07 Å². The van der Waals surface area contributed by atoms with Gasteiger partial charge in [0.25, 0.3) is 5.91 Å². The van der Waals surface area contributed by atoms with Gasteiger partial charge in [-0.1, -0.05) is 19.1 Å². The minimum absolute atomic E-state index is 0.0938. The third kappa shape index (κ3) is 4.38. The van der Waals surface area contributed by atoms with E-state index in [1.807, 2.05) is 17.9 Å². The Balaban J connectivity index is 1.48. The van der Waals surface area contributed by atoms with Gasteiger partial charge in [0.1, 0.15) is 17.3 Å². The molecule has 6 heteroatoms. The SMILES string of the molecule is CCCN1CCN(C(=O)c2c(C)oc3c2CN(Cc2cccc(F)c2)CC3)CC1. The Morgan fingerprint density at radius 1 is 1.14 bits per heavy atom. The quantitative estimate of drug-likeness (QED) is 0.772. The maximum atomic E-state index is 13.5.